The highest BCUT2D eigenvalue weighted by atomic mass is 16.2. The summed E-state index contributed by atoms with van der Waals surface area (Å²) >= 11 is 0. The third-order valence-electron chi connectivity index (χ3n) is 5.53. The van der Waals surface area contributed by atoms with E-state index in [4.69, 9.17) is 0 Å². The fourth-order valence-electron chi connectivity index (χ4n) is 3.69. The molecule has 0 spiro atoms. The Morgan fingerprint density at radius 3 is 2.65 bits per heavy atom. The lowest BCUT2D eigenvalue weighted by atomic mass is 10.1. The Labute approximate surface area is 181 Å². The number of rotatable bonds is 5. The summed E-state index contributed by atoms with van der Waals surface area (Å²) < 4.78 is 0. The number of carbonyl (C=O) groups excluding carboxylic acids is 2. The van der Waals surface area contributed by atoms with Crippen molar-refractivity contribution in [3.05, 3.63) is 60.6 Å². The second-order valence-electron chi connectivity index (χ2n) is 7.49. The van der Waals surface area contributed by atoms with E-state index in [1.165, 1.54) is 0 Å². The summed E-state index contributed by atoms with van der Waals surface area (Å²) in [6, 6.07) is 11.4. The molecule has 0 saturated carbocycles. The Bertz CT molecular complexity index is 1070. The number of anilines is 2. The average Bonchev–Trinajstić information content (AvgIpc) is 2.83. The molecule has 1 aliphatic heterocycles. The molecule has 2 amide bonds. The third kappa shape index (κ3) is 4.97. The molecule has 1 fully saturated rings. The highest BCUT2D eigenvalue weighted by molar-refractivity contribution is 6.40. The fraction of sp³-hybridized carbons (Fsp3) is 0.304. The number of likely N-dealkylation sites (N-methyl/N-ethyl adjacent to an activating group) is 1. The monoisotopic (exact) mass is 418 g/mol. The normalized spacial score (nSPS) is 14.4. The van der Waals surface area contributed by atoms with Crippen molar-refractivity contribution in [1.82, 2.24) is 20.2 Å². The molecular weight excluding hydrogens is 392 g/mol. The van der Waals surface area contributed by atoms with Gasteiger partial charge in [-0.3, -0.25) is 14.6 Å². The number of aromatic nitrogens is 2. The maximum absolute atomic E-state index is 12.4. The molecule has 2 N–H and O–H groups in total. The van der Waals surface area contributed by atoms with Crippen LogP contribution in [0.25, 0.3) is 10.8 Å². The summed E-state index contributed by atoms with van der Waals surface area (Å²) in [6.07, 6.45) is 5.00. The van der Waals surface area contributed by atoms with Crippen LogP contribution in [0.1, 0.15) is 12.5 Å². The Morgan fingerprint density at radius 2 is 1.84 bits per heavy atom. The van der Waals surface area contributed by atoms with Crippen molar-refractivity contribution >= 4 is 34.1 Å². The molecule has 0 radical (unpaired) electrons. The van der Waals surface area contributed by atoms with Crippen LogP contribution in [-0.4, -0.2) is 59.4 Å². The van der Waals surface area contributed by atoms with Gasteiger partial charge in [-0.2, -0.15) is 0 Å². The third-order valence-corrected chi connectivity index (χ3v) is 5.53. The summed E-state index contributed by atoms with van der Waals surface area (Å²) in [7, 11) is 0. The predicted molar refractivity (Wildman–Crippen MR) is 121 cm³/mol. The molecule has 3 aromatic rings. The van der Waals surface area contributed by atoms with Gasteiger partial charge >= 0.3 is 11.8 Å². The Kier molecular flexibility index (Phi) is 6.37. The molecule has 8 nitrogen and oxygen atoms in total. The van der Waals surface area contributed by atoms with E-state index >= 15 is 0 Å². The minimum atomic E-state index is -0.719. The van der Waals surface area contributed by atoms with Crippen molar-refractivity contribution in [2.24, 2.45) is 0 Å². The van der Waals surface area contributed by atoms with E-state index in [9.17, 15) is 9.59 Å². The molecule has 2 aromatic heterocycles. The number of hydrogen-bond acceptors (Lipinski definition) is 6. The first-order valence-corrected chi connectivity index (χ1v) is 10.5. The lowest BCUT2D eigenvalue weighted by Crippen LogP contribution is -2.46. The Balaban J connectivity index is 1.35. The number of fused-ring (bicyclic) bond motifs is 1. The summed E-state index contributed by atoms with van der Waals surface area (Å²) in [4.78, 5) is 38.0. The molecule has 3 heterocycles. The topological polar surface area (TPSA) is 90.5 Å². The van der Waals surface area contributed by atoms with Gasteiger partial charge < -0.3 is 20.4 Å². The van der Waals surface area contributed by atoms with E-state index in [1.54, 1.807) is 18.6 Å². The molecule has 31 heavy (non-hydrogen) atoms. The minimum Gasteiger partial charge on any atom is -0.354 e. The Hall–Kier alpha value is -3.52. The molecule has 8 heteroatoms. The molecule has 1 aromatic carbocycles. The summed E-state index contributed by atoms with van der Waals surface area (Å²) in [5, 5.41) is 7.07. The number of amides is 2. The first-order chi connectivity index (χ1) is 15.1. The highest BCUT2D eigenvalue weighted by Gasteiger charge is 2.18. The minimum absolute atomic E-state index is 0.254. The van der Waals surface area contributed by atoms with Crippen LogP contribution in [0.15, 0.2) is 55.0 Å². The van der Waals surface area contributed by atoms with Crippen LogP contribution < -0.4 is 15.5 Å². The van der Waals surface area contributed by atoms with Crippen molar-refractivity contribution in [2.45, 2.75) is 13.5 Å². The first kappa shape index (κ1) is 20.7. The van der Waals surface area contributed by atoms with Crippen LogP contribution in [0.5, 0.6) is 0 Å². The lowest BCUT2D eigenvalue weighted by Gasteiger charge is -2.34. The first-order valence-electron chi connectivity index (χ1n) is 10.5. The summed E-state index contributed by atoms with van der Waals surface area (Å²) in [5.74, 6) is -0.514. The van der Waals surface area contributed by atoms with Gasteiger partial charge in [-0.15, -0.1) is 0 Å². The molecule has 4 rings (SSSR count). The van der Waals surface area contributed by atoms with Crippen LogP contribution in [0.3, 0.4) is 0 Å². The van der Waals surface area contributed by atoms with Gasteiger partial charge in [-0.05, 0) is 24.2 Å². The van der Waals surface area contributed by atoms with Gasteiger partial charge in [-0.1, -0.05) is 31.2 Å². The van der Waals surface area contributed by atoms with Gasteiger partial charge in [0, 0.05) is 55.9 Å². The molecule has 1 aliphatic rings. The van der Waals surface area contributed by atoms with Gasteiger partial charge in [-0.25, -0.2) is 4.98 Å². The van der Waals surface area contributed by atoms with Gasteiger partial charge in [0.25, 0.3) is 0 Å². The number of nitrogens with one attached hydrogen (secondary N) is 2. The van der Waals surface area contributed by atoms with E-state index < -0.39 is 11.8 Å². The second kappa shape index (κ2) is 9.53. The quantitative estimate of drug-likeness (QED) is 0.616. The van der Waals surface area contributed by atoms with Crippen molar-refractivity contribution < 1.29 is 9.59 Å². The van der Waals surface area contributed by atoms with Crippen LogP contribution in [-0.2, 0) is 16.1 Å². The van der Waals surface area contributed by atoms with Gasteiger partial charge in [0.15, 0.2) is 0 Å². The van der Waals surface area contributed by atoms with Gasteiger partial charge in [0.05, 0.1) is 11.9 Å². The van der Waals surface area contributed by atoms with Crippen LogP contribution in [0, 0.1) is 0 Å². The van der Waals surface area contributed by atoms with E-state index in [-0.39, 0.29) is 6.54 Å². The Morgan fingerprint density at radius 1 is 1.03 bits per heavy atom. The zero-order valence-electron chi connectivity index (χ0n) is 17.5. The van der Waals surface area contributed by atoms with Crippen LogP contribution in [0.2, 0.25) is 0 Å². The van der Waals surface area contributed by atoms with Crippen molar-refractivity contribution in [3.8, 4) is 0 Å². The van der Waals surface area contributed by atoms with E-state index in [1.807, 2.05) is 36.4 Å². The number of benzene rings is 1. The molecule has 0 atom stereocenters. The molecule has 0 aliphatic carbocycles. The lowest BCUT2D eigenvalue weighted by molar-refractivity contribution is -0.136. The summed E-state index contributed by atoms with van der Waals surface area (Å²) in [6.45, 7) is 7.37. The largest absolute Gasteiger partial charge is 0.354 e. The van der Waals surface area contributed by atoms with Gasteiger partial charge in [0.2, 0.25) is 0 Å². The molecule has 0 bridgehead atoms. The zero-order valence-corrected chi connectivity index (χ0v) is 17.5. The molecule has 0 unspecified atom stereocenters. The predicted octanol–water partition coefficient (Wildman–Crippen LogP) is 2.03. The van der Waals surface area contributed by atoms with Crippen molar-refractivity contribution in [3.63, 3.8) is 0 Å². The van der Waals surface area contributed by atoms with Crippen molar-refractivity contribution in [2.75, 3.05) is 42.9 Å². The number of pyridine rings is 2. The molecular formula is C23H26N6O2. The molecule has 160 valence electrons. The van der Waals surface area contributed by atoms with Crippen LogP contribution in [0.4, 0.5) is 11.5 Å². The standard InChI is InChI=1S/C23H26N6O2/c1-2-28-9-11-29(12-10-28)21-13-17(7-8-25-21)14-26-22(30)23(31)27-20-16-24-15-18-5-3-4-6-19(18)20/h3-8,13,15-16H,2,9-12,14H2,1H3,(H,26,30)(H,27,31). The number of carbonyl (C=O) groups is 2. The second-order valence-corrected chi connectivity index (χ2v) is 7.49. The number of nitrogens with zero attached hydrogens (tertiary/aromatic N) is 4. The fourth-order valence-corrected chi connectivity index (χ4v) is 3.69. The maximum Gasteiger partial charge on any atom is 0.313 e. The molecule has 1 saturated heterocycles. The zero-order chi connectivity index (χ0) is 21.6. The van der Waals surface area contributed by atoms with E-state index in [0.717, 1.165) is 54.9 Å². The van der Waals surface area contributed by atoms with Crippen molar-refractivity contribution in [1.29, 1.82) is 0 Å². The van der Waals surface area contributed by atoms with E-state index in [2.05, 4.69) is 37.3 Å². The number of hydrogen-bond donors (Lipinski definition) is 2. The van der Waals surface area contributed by atoms with Gasteiger partial charge in [0.1, 0.15) is 5.82 Å². The van der Waals surface area contributed by atoms with Crippen LogP contribution >= 0.6 is 0 Å². The maximum atomic E-state index is 12.4. The highest BCUT2D eigenvalue weighted by Crippen LogP contribution is 2.21. The number of piperazine rings is 1. The van der Waals surface area contributed by atoms with E-state index in [0.29, 0.717) is 5.69 Å². The smallest absolute Gasteiger partial charge is 0.313 e. The summed E-state index contributed by atoms with van der Waals surface area (Å²) in [5.41, 5.74) is 1.41. The SMILES string of the molecule is CCN1CCN(c2cc(CNC(=O)C(=O)Nc3cncc4ccccc34)ccn2)CC1. The average molecular weight is 419 g/mol.